The van der Waals surface area contributed by atoms with Crippen LogP contribution < -0.4 is 4.90 Å². The SMILES string of the molecule is C=C[C@@H](C)CCCCCCC1C=CC(C)=C2CCC[NH+]21. The van der Waals surface area contributed by atoms with E-state index in [-0.39, 0.29) is 0 Å². The molecule has 0 aromatic carbocycles. The highest BCUT2D eigenvalue weighted by Crippen LogP contribution is 2.18. The summed E-state index contributed by atoms with van der Waals surface area (Å²) < 4.78 is 0. The highest BCUT2D eigenvalue weighted by molar-refractivity contribution is 5.24. The first-order valence-corrected chi connectivity index (χ1v) is 8.59. The lowest BCUT2D eigenvalue weighted by Crippen LogP contribution is -3.12. The molecule has 1 nitrogen and oxygen atoms in total. The molecule has 112 valence electrons. The van der Waals surface area contributed by atoms with Crippen molar-refractivity contribution < 1.29 is 4.90 Å². The van der Waals surface area contributed by atoms with Crippen LogP contribution in [0.1, 0.15) is 65.2 Å². The molecule has 1 saturated heterocycles. The lowest BCUT2D eigenvalue weighted by molar-refractivity contribution is -0.872. The lowest BCUT2D eigenvalue weighted by atomic mass is 9.98. The van der Waals surface area contributed by atoms with E-state index in [0.29, 0.717) is 5.92 Å². The second-order valence-corrected chi connectivity index (χ2v) is 6.71. The van der Waals surface area contributed by atoms with E-state index >= 15 is 0 Å². The molecule has 2 heterocycles. The second kappa shape index (κ2) is 7.83. The molecule has 2 aliphatic heterocycles. The van der Waals surface area contributed by atoms with Crippen molar-refractivity contribution in [2.75, 3.05) is 6.54 Å². The van der Waals surface area contributed by atoms with Gasteiger partial charge in [-0.25, -0.2) is 0 Å². The van der Waals surface area contributed by atoms with Gasteiger partial charge in [0.15, 0.2) is 0 Å². The Kier molecular flexibility index (Phi) is 6.09. The molecule has 1 N–H and O–H groups in total. The Balaban J connectivity index is 1.63. The number of rotatable bonds is 8. The average Bonchev–Trinajstić information content (AvgIpc) is 2.95. The molecule has 0 amide bonds. The zero-order valence-electron chi connectivity index (χ0n) is 13.5. The molecule has 1 fully saturated rings. The van der Waals surface area contributed by atoms with Gasteiger partial charge in [-0.15, -0.1) is 6.58 Å². The zero-order valence-corrected chi connectivity index (χ0v) is 13.5. The van der Waals surface area contributed by atoms with Gasteiger partial charge in [-0.2, -0.15) is 0 Å². The monoisotopic (exact) mass is 274 g/mol. The summed E-state index contributed by atoms with van der Waals surface area (Å²) in [6.07, 6.45) is 17.9. The number of unbranched alkanes of at least 4 members (excludes halogenated alkanes) is 3. The maximum Gasteiger partial charge on any atom is 0.111 e. The van der Waals surface area contributed by atoms with Crippen molar-refractivity contribution in [3.8, 4) is 0 Å². The van der Waals surface area contributed by atoms with E-state index in [1.165, 1.54) is 63.5 Å². The van der Waals surface area contributed by atoms with Crippen molar-refractivity contribution >= 4 is 0 Å². The summed E-state index contributed by atoms with van der Waals surface area (Å²) in [4.78, 5) is 1.78. The largest absolute Gasteiger partial charge is 0.300 e. The van der Waals surface area contributed by atoms with Gasteiger partial charge in [0.25, 0.3) is 0 Å². The summed E-state index contributed by atoms with van der Waals surface area (Å²) >= 11 is 0. The Morgan fingerprint density at radius 3 is 2.95 bits per heavy atom. The summed E-state index contributed by atoms with van der Waals surface area (Å²) in [5, 5.41) is 0. The van der Waals surface area contributed by atoms with Gasteiger partial charge in [-0.1, -0.05) is 38.3 Å². The van der Waals surface area contributed by atoms with Crippen LogP contribution in [-0.2, 0) is 0 Å². The molecule has 20 heavy (non-hydrogen) atoms. The fraction of sp³-hybridized carbons (Fsp3) is 0.684. The van der Waals surface area contributed by atoms with Crippen LogP contribution in [0.4, 0.5) is 0 Å². The fourth-order valence-electron chi connectivity index (χ4n) is 3.68. The van der Waals surface area contributed by atoms with Crippen molar-refractivity contribution in [2.45, 2.75) is 71.3 Å². The topological polar surface area (TPSA) is 4.44 Å². The van der Waals surface area contributed by atoms with Crippen molar-refractivity contribution in [3.05, 3.63) is 36.1 Å². The van der Waals surface area contributed by atoms with Crippen molar-refractivity contribution in [1.82, 2.24) is 0 Å². The number of hydrogen-bond acceptors (Lipinski definition) is 0. The first kappa shape index (κ1) is 15.6. The molecule has 0 aromatic rings. The molecule has 0 bridgehead atoms. The molecule has 2 rings (SSSR count). The van der Waals surface area contributed by atoms with Gasteiger partial charge in [0.2, 0.25) is 0 Å². The first-order valence-electron chi connectivity index (χ1n) is 8.59. The predicted molar refractivity (Wildman–Crippen MR) is 87.8 cm³/mol. The van der Waals surface area contributed by atoms with Crippen LogP contribution in [0.25, 0.3) is 0 Å². The van der Waals surface area contributed by atoms with Gasteiger partial charge in [0.1, 0.15) is 11.7 Å². The van der Waals surface area contributed by atoms with Crippen molar-refractivity contribution in [3.63, 3.8) is 0 Å². The predicted octanol–water partition coefficient (Wildman–Crippen LogP) is 4.04. The quantitative estimate of drug-likeness (QED) is 0.503. The van der Waals surface area contributed by atoms with Gasteiger partial charge in [0.05, 0.1) is 6.54 Å². The van der Waals surface area contributed by atoms with Gasteiger partial charge in [-0.3, -0.25) is 0 Å². The Morgan fingerprint density at radius 1 is 1.35 bits per heavy atom. The third kappa shape index (κ3) is 4.09. The van der Waals surface area contributed by atoms with Crippen LogP contribution in [0.5, 0.6) is 0 Å². The minimum atomic E-state index is 0.695. The van der Waals surface area contributed by atoms with Crippen LogP contribution in [0.2, 0.25) is 0 Å². The van der Waals surface area contributed by atoms with E-state index in [4.69, 9.17) is 0 Å². The Hall–Kier alpha value is -0.820. The third-order valence-electron chi connectivity index (χ3n) is 5.09. The smallest absolute Gasteiger partial charge is 0.111 e. The highest BCUT2D eigenvalue weighted by Gasteiger charge is 2.32. The van der Waals surface area contributed by atoms with E-state index in [9.17, 15) is 0 Å². The Labute approximate surface area is 125 Å². The lowest BCUT2D eigenvalue weighted by Gasteiger charge is -2.27. The van der Waals surface area contributed by atoms with Crippen LogP contribution in [0.15, 0.2) is 36.1 Å². The minimum absolute atomic E-state index is 0.695. The molecule has 0 saturated carbocycles. The second-order valence-electron chi connectivity index (χ2n) is 6.71. The number of allylic oxidation sites excluding steroid dienone is 4. The molecule has 2 unspecified atom stereocenters. The van der Waals surface area contributed by atoms with Crippen LogP contribution in [0.3, 0.4) is 0 Å². The number of nitrogens with one attached hydrogen (secondary N) is 1. The Morgan fingerprint density at radius 2 is 2.15 bits per heavy atom. The molecule has 0 aromatic heterocycles. The highest BCUT2D eigenvalue weighted by atomic mass is 15.2. The molecule has 3 atom stereocenters. The van der Waals surface area contributed by atoms with Crippen molar-refractivity contribution in [1.29, 1.82) is 0 Å². The van der Waals surface area contributed by atoms with Gasteiger partial charge >= 0.3 is 0 Å². The maximum atomic E-state index is 3.86. The van der Waals surface area contributed by atoms with Gasteiger partial charge in [-0.05, 0) is 31.8 Å². The standard InChI is InChI=1S/C19H31N/c1-4-16(2)10-7-5-6-8-11-18-14-13-17(3)19-12-9-15-20(18)19/h4,13-14,16,18H,1,5-12,15H2,2-3H3/p+1/t16-,18?/m1/s1. The molecule has 0 spiro atoms. The summed E-state index contributed by atoms with van der Waals surface area (Å²) in [6.45, 7) is 9.78. The maximum absolute atomic E-state index is 3.86. The number of fused-ring (bicyclic) bond motifs is 1. The number of quaternary nitrogens is 1. The normalized spacial score (nSPS) is 26.7. The van der Waals surface area contributed by atoms with E-state index in [0.717, 1.165) is 6.04 Å². The molecule has 1 heteroatoms. The van der Waals surface area contributed by atoms with E-state index in [2.05, 4.69) is 38.7 Å². The van der Waals surface area contributed by atoms with Crippen LogP contribution in [0, 0.1) is 5.92 Å². The van der Waals surface area contributed by atoms with E-state index in [1.807, 2.05) is 0 Å². The summed E-state index contributed by atoms with van der Waals surface area (Å²) in [7, 11) is 0. The summed E-state index contributed by atoms with van der Waals surface area (Å²) in [5.74, 6) is 0.695. The fourth-order valence-corrected chi connectivity index (χ4v) is 3.68. The van der Waals surface area contributed by atoms with E-state index in [1.54, 1.807) is 10.6 Å². The van der Waals surface area contributed by atoms with Crippen LogP contribution in [-0.4, -0.2) is 12.6 Å². The molecular weight excluding hydrogens is 242 g/mol. The van der Waals surface area contributed by atoms with Gasteiger partial charge in [0, 0.05) is 24.8 Å². The summed E-state index contributed by atoms with van der Waals surface area (Å²) in [6, 6.07) is 0.767. The molecule has 0 aliphatic carbocycles. The molecule has 2 aliphatic rings. The molecule has 0 radical (unpaired) electrons. The first-order chi connectivity index (χ1) is 9.72. The van der Waals surface area contributed by atoms with E-state index < -0.39 is 0 Å². The van der Waals surface area contributed by atoms with Crippen LogP contribution >= 0.6 is 0 Å². The van der Waals surface area contributed by atoms with Gasteiger partial charge < -0.3 is 4.90 Å². The minimum Gasteiger partial charge on any atom is -0.300 e. The summed E-state index contributed by atoms with van der Waals surface area (Å²) in [5.41, 5.74) is 3.24. The Bertz CT molecular complexity index is 377. The zero-order chi connectivity index (χ0) is 14.4. The number of hydrogen-bond donors (Lipinski definition) is 1. The average molecular weight is 274 g/mol. The van der Waals surface area contributed by atoms with Crippen molar-refractivity contribution in [2.24, 2.45) is 5.92 Å². The third-order valence-corrected chi connectivity index (χ3v) is 5.09. The molecular formula is C19H32N+.